The van der Waals surface area contributed by atoms with Gasteiger partial charge in [-0.2, -0.15) is 0 Å². The van der Waals surface area contributed by atoms with Crippen LogP contribution in [0, 0.1) is 5.92 Å². The molecule has 0 bridgehead atoms. The fraction of sp³-hybridized carbons (Fsp3) is 0.643. The largest absolute Gasteiger partial charge is 0.307 e. The third-order valence-electron chi connectivity index (χ3n) is 3.76. The van der Waals surface area contributed by atoms with Crippen molar-refractivity contribution in [2.24, 2.45) is 5.92 Å². The van der Waals surface area contributed by atoms with Gasteiger partial charge in [-0.3, -0.25) is 4.98 Å². The van der Waals surface area contributed by atoms with Crippen molar-refractivity contribution in [3.63, 3.8) is 0 Å². The number of hydrogen-bond donors (Lipinski definition) is 1. The molecule has 0 saturated heterocycles. The van der Waals surface area contributed by atoms with Gasteiger partial charge in [0.2, 0.25) is 0 Å². The fourth-order valence-corrected chi connectivity index (χ4v) is 2.61. The molecule has 1 aliphatic rings. The molecule has 0 aliphatic heterocycles. The van der Waals surface area contributed by atoms with Crippen LogP contribution in [0.15, 0.2) is 24.5 Å². The van der Waals surface area contributed by atoms with E-state index < -0.39 is 0 Å². The van der Waals surface area contributed by atoms with Crippen molar-refractivity contribution in [1.29, 1.82) is 0 Å². The van der Waals surface area contributed by atoms with Gasteiger partial charge in [-0.15, -0.1) is 0 Å². The molecule has 88 valence electrons. The number of hydrogen-bond acceptors (Lipinski definition) is 2. The SMILES string of the molecule is CC(NC1CCCCC1C)c1cccnc1. The predicted molar refractivity (Wildman–Crippen MR) is 67.2 cm³/mol. The van der Waals surface area contributed by atoms with Crippen LogP contribution in [0.25, 0.3) is 0 Å². The summed E-state index contributed by atoms with van der Waals surface area (Å²) in [7, 11) is 0. The van der Waals surface area contributed by atoms with E-state index in [1.54, 1.807) is 0 Å². The Hall–Kier alpha value is -0.890. The molecular weight excluding hydrogens is 196 g/mol. The van der Waals surface area contributed by atoms with Crippen LogP contribution in [-0.4, -0.2) is 11.0 Å². The van der Waals surface area contributed by atoms with Gasteiger partial charge in [0.15, 0.2) is 0 Å². The second kappa shape index (κ2) is 5.44. The van der Waals surface area contributed by atoms with E-state index >= 15 is 0 Å². The third-order valence-corrected chi connectivity index (χ3v) is 3.76. The molecule has 2 nitrogen and oxygen atoms in total. The highest BCUT2D eigenvalue weighted by Gasteiger charge is 2.22. The first-order valence-electron chi connectivity index (χ1n) is 6.43. The summed E-state index contributed by atoms with van der Waals surface area (Å²) < 4.78 is 0. The highest BCUT2D eigenvalue weighted by Crippen LogP contribution is 2.25. The second-order valence-corrected chi connectivity index (χ2v) is 5.04. The zero-order chi connectivity index (χ0) is 11.4. The smallest absolute Gasteiger partial charge is 0.0315 e. The minimum atomic E-state index is 0.416. The van der Waals surface area contributed by atoms with Crippen molar-refractivity contribution in [3.05, 3.63) is 30.1 Å². The lowest BCUT2D eigenvalue weighted by atomic mass is 9.85. The van der Waals surface area contributed by atoms with E-state index in [0.717, 1.165) is 5.92 Å². The molecular formula is C14H22N2. The zero-order valence-corrected chi connectivity index (χ0v) is 10.3. The molecule has 16 heavy (non-hydrogen) atoms. The zero-order valence-electron chi connectivity index (χ0n) is 10.3. The molecule has 0 aromatic carbocycles. The van der Waals surface area contributed by atoms with Crippen LogP contribution >= 0.6 is 0 Å². The van der Waals surface area contributed by atoms with E-state index in [-0.39, 0.29) is 0 Å². The lowest BCUT2D eigenvalue weighted by molar-refractivity contribution is 0.263. The van der Waals surface area contributed by atoms with Crippen LogP contribution in [0.5, 0.6) is 0 Å². The standard InChI is InChI=1S/C14H22N2/c1-11-6-3-4-8-14(11)16-12(2)13-7-5-9-15-10-13/h5,7,9-12,14,16H,3-4,6,8H2,1-2H3. The van der Waals surface area contributed by atoms with Crippen LogP contribution < -0.4 is 5.32 Å². The van der Waals surface area contributed by atoms with Gasteiger partial charge in [0.05, 0.1) is 0 Å². The first kappa shape index (κ1) is 11.6. The summed E-state index contributed by atoms with van der Waals surface area (Å²) in [6.07, 6.45) is 9.27. The van der Waals surface area contributed by atoms with Crippen LogP contribution in [0.1, 0.15) is 51.1 Å². The Labute approximate surface area is 98.5 Å². The Bertz CT molecular complexity index is 310. The molecule has 1 aromatic heterocycles. The minimum absolute atomic E-state index is 0.416. The van der Waals surface area contributed by atoms with E-state index in [0.29, 0.717) is 12.1 Å². The molecule has 0 amide bonds. The minimum Gasteiger partial charge on any atom is -0.307 e. The van der Waals surface area contributed by atoms with Gasteiger partial charge in [-0.1, -0.05) is 25.8 Å². The van der Waals surface area contributed by atoms with E-state index in [2.05, 4.69) is 30.2 Å². The summed E-state index contributed by atoms with van der Waals surface area (Å²) in [6.45, 7) is 4.60. The topological polar surface area (TPSA) is 24.9 Å². The van der Waals surface area contributed by atoms with E-state index in [9.17, 15) is 0 Å². The molecule has 2 rings (SSSR count). The summed E-state index contributed by atoms with van der Waals surface area (Å²) in [6, 6.07) is 5.26. The van der Waals surface area contributed by atoms with E-state index in [1.165, 1.54) is 31.2 Å². The number of nitrogens with one attached hydrogen (secondary N) is 1. The third kappa shape index (κ3) is 2.82. The van der Waals surface area contributed by atoms with Gasteiger partial charge in [0, 0.05) is 24.5 Å². The quantitative estimate of drug-likeness (QED) is 0.842. The van der Waals surface area contributed by atoms with Crippen molar-refractivity contribution in [3.8, 4) is 0 Å². The van der Waals surface area contributed by atoms with Gasteiger partial charge in [0.1, 0.15) is 0 Å². The number of aromatic nitrogens is 1. The Morgan fingerprint density at radius 3 is 2.88 bits per heavy atom. The molecule has 1 fully saturated rings. The van der Waals surface area contributed by atoms with Crippen LogP contribution in [0.2, 0.25) is 0 Å². The molecule has 1 N–H and O–H groups in total. The van der Waals surface area contributed by atoms with Gasteiger partial charge in [-0.25, -0.2) is 0 Å². The number of rotatable bonds is 3. The van der Waals surface area contributed by atoms with Crippen LogP contribution in [0.4, 0.5) is 0 Å². The van der Waals surface area contributed by atoms with Gasteiger partial charge in [-0.05, 0) is 37.3 Å². The second-order valence-electron chi connectivity index (χ2n) is 5.04. The van der Waals surface area contributed by atoms with Crippen molar-refractivity contribution in [1.82, 2.24) is 10.3 Å². The Balaban J connectivity index is 1.94. The van der Waals surface area contributed by atoms with Gasteiger partial charge < -0.3 is 5.32 Å². The summed E-state index contributed by atoms with van der Waals surface area (Å²) in [5.74, 6) is 0.813. The Kier molecular flexibility index (Phi) is 3.94. The van der Waals surface area contributed by atoms with E-state index in [4.69, 9.17) is 0 Å². The van der Waals surface area contributed by atoms with Crippen molar-refractivity contribution < 1.29 is 0 Å². The summed E-state index contributed by atoms with van der Waals surface area (Å²) >= 11 is 0. The van der Waals surface area contributed by atoms with Crippen molar-refractivity contribution >= 4 is 0 Å². The maximum atomic E-state index is 4.18. The average Bonchev–Trinajstić information content (AvgIpc) is 2.33. The normalized spacial score (nSPS) is 27.6. The first-order valence-corrected chi connectivity index (χ1v) is 6.43. The summed E-state index contributed by atoms with van der Waals surface area (Å²) in [5, 5.41) is 3.74. The molecule has 0 spiro atoms. The maximum Gasteiger partial charge on any atom is 0.0315 e. The summed E-state index contributed by atoms with van der Waals surface area (Å²) in [4.78, 5) is 4.18. The van der Waals surface area contributed by atoms with Crippen LogP contribution in [-0.2, 0) is 0 Å². The molecule has 3 unspecified atom stereocenters. The lowest BCUT2D eigenvalue weighted by Gasteiger charge is -2.32. The summed E-state index contributed by atoms with van der Waals surface area (Å²) in [5.41, 5.74) is 1.29. The average molecular weight is 218 g/mol. The molecule has 2 heteroatoms. The highest BCUT2D eigenvalue weighted by atomic mass is 15.0. The fourth-order valence-electron chi connectivity index (χ4n) is 2.61. The first-order chi connectivity index (χ1) is 7.77. The predicted octanol–water partition coefficient (Wildman–Crippen LogP) is 3.31. The Morgan fingerprint density at radius 1 is 1.38 bits per heavy atom. The molecule has 0 radical (unpaired) electrons. The van der Waals surface area contributed by atoms with Gasteiger partial charge in [0.25, 0.3) is 0 Å². The monoisotopic (exact) mass is 218 g/mol. The molecule has 3 atom stereocenters. The van der Waals surface area contributed by atoms with Crippen molar-refractivity contribution in [2.45, 2.75) is 51.6 Å². The van der Waals surface area contributed by atoms with Gasteiger partial charge >= 0.3 is 0 Å². The molecule has 1 aromatic rings. The number of pyridine rings is 1. The van der Waals surface area contributed by atoms with Crippen LogP contribution in [0.3, 0.4) is 0 Å². The van der Waals surface area contributed by atoms with E-state index in [1.807, 2.05) is 18.5 Å². The molecule has 1 heterocycles. The number of nitrogens with zero attached hydrogens (tertiary/aromatic N) is 1. The lowest BCUT2D eigenvalue weighted by Crippen LogP contribution is -2.38. The Morgan fingerprint density at radius 2 is 2.19 bits per heavy atom. The molecule has 1 saturated carbocycles. The maximum absolute atomic E-state index is 4.18. The van der Waals surface area contributed by atoms with Crippen molar-refractivity contribution in [2.75, 3.05) is 0 Å². The highest BCUT2D eigenvalue weighted by molar-refractivity contribution is 5.13. The molecule has 1 aliphatic carbocycles.